The van der Waals surface area contributed by atoms with Crippen molar-refractivity contribution in [1.29, 1.82) is 0 Å². The van der Waals surface area contributed by atoms with Crippen LogP contribution in [0.25, 0.3) is 0 Å². The van der Waals surface area contributed by atoms with E-state index in [0.29, 0.717) is 12.0 Å². The van der Waals surface area contributed by atoms with Crippen molar-refractivity contribution in [3.05, 3.63) is 16.6 Å². The molecule has 0 aromatic carbocycles. The van der Waals surface area contributed by atoms with Gasteiger partial charge in [0.05, 0.1) is 5.51 Å². The van der Waals surface area contributed by atoms with Gasteiger partial charge in [-0.05, 0) is 25.3 Å². The molecule has 1 unspecified atom stereocenters. The first kappa shape index (κ1) is 11.7. The van der Waals surface area contributed by atoms with Gasteiger partial charge in [-0.3, -0.25) is 4.98 Å². The SMILES string of the molecule is CCCNC(Cc1cncs1)C(C)C. The van der Waals surface area contributed by atoms with E-state index in [2.05, 4.69) is 31.1 Å². The number of nitrogens with one attached hydrogen (secondary N) is 1. The van der Waals surface area contributed by atoms with Crippen molar-refractivity contribution in [3.8, 4) is 0 Å². The second kappa shape index (κ2) is 6.14. The summed E-state index contributed by atoms with van der Waals surface area (Å²) in [5.41, 5.74) is 1.91. The molecule has 0 aliphatic carbocycles. The minimum absolute atomic E-state index is 0.593. The summed E-state index contributed by atoms with van der Waals surface area (Å²) in [6.45, 7) is 7.86. The fraction of sp³-hybridized carbons (Fsp3) is 0.727. The van der Waals surface area contributed by atoms with Crippen molar-refractivity contribution in [1.82, 2.24) is 10.3 Å². The van der Waals surface area contributed by atoms with Crippen LogP contribution < -0.4 is 5.32 Å². The average molecular weight is 212 g/mol. The monoisotopic (exact) mass is 212 g/mol. The predicted molar refractivity (Wildman–Crippen MR) is 62.7 cm³/mol. The molecule has 0 amide bonds. The lowest BCUT2D eigenvalue weighted by Gasteiger charge is -2.21. The summed E-state index contributed by atoms with van der Waals surface area (Å²) in [6, 6.07) is 0.593. The van der Waals surface area contributed by atoms with Crippen molar-refractivity contribution in [2.75, 3.05) is 6.54 Å². The van der Waals surface area contributed by atoms with Crippen molar-refractivity contribution < 1.29 is 0 Å². The van der Waals surface area contributed by atoms with Gasteiger partial charge in [0.25, 0.3) is 0 Å². The molecule has 1 N–H and O–H groups in total. The average Bonchev–Trinajstić information content (AvgIpc) is 2.64. The Balaban J connectivity index is 2.43. The zero-order valence-corrected chi connectivity index (χ0v) is 10.1. The molecule has 0 bridgehead atoms. The van der Waals surface area contributed by atoms with E-state index in [1.165, 1.54) is 11.3 Å². The number of hydrogen-bond donors (Lipinski definition) is 1. The fourth-order valence-corrected chi connectivity index (χ4v) is 2.09. The highest BCUT2D eigenvalue weighted by Crippen LogP contribution is 2.13. The molecule has 0 aliphatic heterocycles. The lowest BCUT2D eigenvalue weighted by Crippen LogP contribution is -2.36. The lowest BCUT2D eigenvalue weighted by molar-refractivity contribution is 0.399. The minimum Gasteiger partial charge on any atom is -0.313 e. The minimum atomic E-state index is 0.593. The van der Waals surface area contributed by atoms with E-state index in [-0.39, 0.29) is 0 Å². The van der Waals surface area contributed by atoms with E-state index in [0.717, 1.165) is 13.0 Å². The van der Waals surface area contributed by atoms with Crippen LogP contribution in [0.4, 0.5) is 0 Å². The molecule has 0 aliphatic rings. The molecular formula is C11H20N2S. The normalized spacial score (nSPS) is 13.4. The Morgan fingerprint density at radius 2 is 2.29 bits per heavy atom. The summed E-state index contributed by atoms with van der Waals surface area (Å²) in [5.74, 6) is 0.684. The molecular weight excluding hydrogens is 192 g/mol. The maximum atomic E-state index is 4.11. The Morgan fingerprint density at radius 3 is 2.79 bits per heavy atom. The van der Waals surface area contributed by atoms with Crippen LogP contribution in [0.3, 0.4) is 0 Å². The first-order valence-corrected chi connectivity index (χ1v) is 6.22. The smallest absolute Gasteiger partial charge is 0.0794 e. The van der Waals surface area contributed by atoms with Gasteiger partial charge < -0.3 is 5.32 Å². The summed E-state index contributed by atoms with van der Waals surface area (Å²) in [4.78, 5) is 5.49. The molecule has 1 rings (SSSR count). The number of thiazole rings is 1. The number of rotatable bonds is 6. The maximum Gasteiger partial charge on any atom is 0.0794 e. The van der Waals surface area contributed by atoms with Gasteiger partial charge in [-0.1, -0.05) is 20.8 Å². The summed E-state index contributed by atoms with van der Waals surface area (Å²) in [6.07, 6.45) is 4.29. The summed E-state index contributed by atoms with van der Waals surface area (Å²) < 4.78 is 0. The first-order valence-electron chi connectivity index (χ1n) is 5.34. The van der Waals surface area contributed by atoms with Crippen LogP contribution >= 0.6 is 11.3 Å². The third kappa shape index (κ3) is 3.76. The Bertz CT molecular complexity index is 231. The molecule has 80 valence electrons. The number of hydrogen-bond acceptors (Lipinski definition) is 3. The topological polar surface area (TPSA) is 24.9 Å². The van der Waals surface area contributed by atoms with Gasteiger partial charge in [-0.2, -0.15) is 0 Å². The molecule has 14 heavy (non-hydrogen) atoms. The third-order valence-corrected chi connectivity index (χ3v) is 3.17. The molecule has 0 spiro atoms. The molecule has 2 nitrogen and oxygen atoms in total. The summed E-state index contributed by atoms with van der Waals surface area (Å²) >= 11 is 1.75. The lowest BCUT2D eigenvalue weighted by atomic mass is 10.0. The molecule has 0 saturated heterocycles. The molecule has 1 aromatic rings. The molecule has 1 heterocycles. The molecule has 3 heteroatoms. The molecule has 0 fully saturated rings. The quantitative estimate of drug-likeness (QED) is 0.784. The zero-order valence-electron chi connectivity index (χ0n) is 9.29. The van der Waals surface area contributed by atoms with Gasteiger partial charge in [0.15, 0.2) is 0 Å². The van der Waals surface area contributed by atoms with Gasteiger partial charge >= 0.3 is 0 Å². The largest absolute Gasteiger partial charge is 0.313 e. The fourth-order valence-electron chi connectivity index (χ4n) is 1.43. The van der Waals surface area contributed by atoms with Crippen molar-refractivity contribution in [2.24, 2.45) is 5.92 Å². The second-order valence-electron chi connectivity index (χ2n) is 3.98. The highest BCUT2D eigenvalue weighted by Gasteiger charge is 2.13. The van der Waals surface area contributed by atoms with Crippen molar-refractivity contribution >= 4 is 11.3 Å². The highest BCUT2D eigenvalue weighted by atomic mass is 32.1. The predicted octanol–water partition coefficient (Wildman–Crippen LogP) is 2.71. The Hall–Kier alpha value is -0.410. The Kier molecular flexibility index (Phi) is 5.12. The van der Waals surface area contributed by atoms with Crippen molar-refractivity contribution in [2.45, 2.75) is 39.7 Å². The molecule has 1 atom stereocenters. The van der Waals surface area contributed by atoms with Crippen LogP contribution in [0.15, 0.2) is 11.7 Å². The summed E-state index contributed by atoms with van der Waals surface area (Å²) in [7, 11) is 0. The van der Waals surface area contributed by atoms with Crippen LogP contribution in [-0.2, 0) is 6.42 Å². The van der Waals surface area contributed by atoms with E-state index in [1.54, 1.807) is 11.3 Å². The number of aromatic nitrogens is 1. The van der Waals surface area contributed by atoms with E-state index < -0.39 is 0 Å². The molecule has 0 saturated carbocycles. The molecule has 0 radical (unpaired) electrons. The van der Waals surface area contributed by atoms with Crippen LogP contribution in [0.5, 0.6) is 0 Å². The maximum absolute atomic E-state index is 4.11. The molecule has 1 aromatic heterocycles. The van der Waals surface area contributed by atoms with Gasteiger partial charge in [0, 0.05) is 17.1 Å². The van der Waals surface area contributed by atoms with Gasteiger partial charge in [-0.15, -0.1) is 11.3 Å². The van der Waals surface area contributed by atoms with E-state index in [1.807, 2.05) is 11.7 Å². The van der Waals surface area contributed by atoms with E-state index >= 15 is 0 Å². The van der Waals surface area contributed by atoms with Gasteiger partial charge in [0.1, 0.15) is 0 Å². The van der Waals surface area contributed by atoms with Crippen molar-refractivity contribution in [3.63, 3.8) is 0 Å². The Labute approximate surface area is 90.8 Å². The van der Waals surface area contributed by atoms with Crippen LogP contribution in [0.2, 0.25) is 0 Å². The Morgan fingerprint density at radius 1 is 1.50 bits per heavy atom. The van der Waals surface area contributed by atoms with Gasteiger partial charge in [-0.25, -0.2) is 0 Å². The van der Waals surface area contributed by atoms with Crippen LogP contribution in [0.1, 0.15) is 32.1 Å². The zero-order chi connectivity index (χ0) is 10.4. The number of nitrogens with zero attached hydrogens (tertiary/aromatic N) is 1. The highest BCUT2D eigenvalue weighted by molar-refractivity contribution is 7.09. The first-order chi connectivity index (χ1) is 6.74. The van der Waals surface area contributed by atoms with E-state index in [9.17, 15) is 0 Å². The summed E-state index contributed by atoms with van der Waals surface area (Å²) in [5, 5.41) is 3.59. The van der Waals surface area contributed by atoms with Gasteiger partial charge in [0.2, 0.25) is 0 Å². The third-order valence-electron chi connectivity index (χ3n) is 2.37. The van der Waals surface area contributed by atoms with E-state index in [4.69, 9.17) is 0 Å². The van der Waals surface area contributed by atoms with Crippen LogP contribution in [-0.4, -0.2) is 17.6 Å². The second-order valence-corrected chi connectivity index (χ2v) is 4.95. The van der Waals surface area contributed by atoms with Crippen LogP contribution in [0, 0.1) is 5.92 Å². The standard InChI is InChI=1S/C11H20N2S/c1-4-5-13-11(9(2)3)6-10-7-12-8-14-10/h7-9,11,13H,4-6H2,1-3H3.